The van der Waals surface area contributed by atoms with E-state index >= 15 is 8.78 Å². The molecule has 0 unspecified atom stereocenters. The first-order valence-corrected chi connectivity index (χ1v) is 12.5. The van der Waals surface area contributed by atoms with Gasteiger partial charge in [-0.3, -0.25) is 19.3 Å². The fourth-order valence-corrected chi connectivity index (χ4v) is 4.66. The van der Waals surface area contributed by atoms with Gasteiger partial charge in [-0.25, -0.2) is 0 Å². The monoisotopic (exact) mass is 558 g/mol. The Kier molecular flexibility index (Phi) is 7.11. The maximum atomic E-state index is 15.2. The standard InChI is InChI=1S/C29H24F2N6O4/c1-17-16-36-26(23(15-34-36)35-27(38)18-4-10-24(41-3)19(12-18)13-32)28(39)37(17)21-7-5-20(6-8-21)29(30,31)25-11-9-22(40-2)14-33-25/h4-12,14-15,17H,16H2,1-3H3,(H,35,38)/t17-/m0/s1. The van der Waals surface area contributed by atoms with Crippen molar-refractivity contribution in [3.63, 3.8) is 0 Å². The van der Waals surface area contributed by atoms with Gasteiger partial charge >= 0.3 is 5.92 Å². The number of anilines is 2. The SMILES string of the molecule is COc1ccc(C(F)(F)c2ccc(N3C(=O)c4c(NC(=O)c5ccc(OC)c(C#N)c5)cnn4C[C@@H]3C)cc2)nc1. The number of hydrogen-bond donors (Lipinski definition) is 1. The summed E-state index contributed by atoms with van der Waals surface area (Å²) in [4.78, 5) is 31.9. The summed E-state index contributed by atoms with van der Waals surface area (Å²) >= 11 is 0. The molecular formula is C29H24F2N6O4. The molecule has 0 fully saturated rings. The van der Waals surface area contributed by atoms with Crippen molar-refractivity contribution in [1.82, 2.24) is 14.8 Å². The lowest BCUT2D eigenvalue weighted by Crippen LogP contribution is -2.47. The van der Waals surface area contributed by atoms with E-state index in [0.717, 1.165) is 0 Å². The van der Waals surface area contributed by atoms with Gasteiger partial charge in [-0.05, 0) is 49.4 Å². The lowest BCUT2D eigenvalue weighted by molar-refractivity contribution is 0.0379. The van der Waals surface area contributed by atoms with Gasteiger partial charge in [0, 0.05) is 16.8 Å². The van der Waals surface area contributed by atoms with Gasteiger partial charge in [-0.1, -0.05) is 12.1 Å². The van der Waals surface area contributed by atoms with Crippen LogP contribution < -0.4 is 19.7 Å². The number of nitrogens with one attached hydrogen (secondary N) is 1. The number of nitriles is 1. The molecule has 1 N–H and O–H groups in total. The van der Waals surface area contributed by atoms with Gasteiger partial charge in [0.1, 0.15) is 29.0 Å². The van der Waals surface area contributed by atoms with E-state index in [1.54, 1.807) is 0 Å². The molecule has 0 bridgehead atoms. The van der Waals surface area contributed by atoms with Gasteiger partial charge in [0.05, 0.1) is 50.5 Å². The molecule has 1 atom stereocenters. The Morgan fingerprint density at radius 3 is 2.49 bits per heavy atom. The van der Waals surface area contributed by atoms with E-state index < -0.39 is 23.4 Å². The molecule has 41 heavy (non-hydrogen) atoms. The van der Waals surface area contributed by atoms with Gasteiger partial charge < -0.3 is 19.7 Å². The molecule has 2 aromatic heterocycles. The number of rotatable bonds is 7. The maximum absolute atomic E-state index is 15.2. The molecule has 2 amide bonds. The van der Waals surface area contributed by atoms with Crippen molar-refractivity contribution in [3.8, 4) is 17.6 Å². The quantitative estimate of drug-likeness (QED) is 0.352. The van der Waals surface area contributed by atoms with Crippen molar-refractivity contribution in [3.05, 3.63) is 95.1 Å². The average molecular weight is 559 g/mol. The highest BCUT2D eigenvalue weighted by Gasteiger charge is 2.38. The van der Waals surface area contributed by atoms with Crippen molar-refractivity contribution < 1.29 is 27.8 Å². The Hall–Kier alpha value is -5.31. The third-order valence-corrected chi connectivity index (χ3v) is 6.77. The zero-order chi connectivity index (χ0) is 29.3. The molecule has 1 aliphatic rings. The Labute approximate surface area is 233 Å². The van der Waals surface area contributed by atoms with Crippen LogP contribution in [0.4, 0.5) is 20.2 Å². The van der Waals surface area contributed by atoms with Crippen LogP contribution in [-0.2, 0) is 12.5 Å². The van der Waals surface area contributed by atoms with E-state index in [4.69, 9.17) is 9.47 Å². The zero-order valence-corrected chi connectivity index (χ0v) is 22.3. The number of halogens is 2. The molecule has 1 aliphatic heterocycles. The van der Waals surface area contributed by atoms with Crippen LogP contribution in [-0.4, -0.2) is 46.8 Å². The number of nitrogens with zero attached hydrogens (tertiary/aromatic N) is 5. The summed E-state index contributed by atoms with van der Waals surface area (Å²) in [5.41, 5.74) is 0.385. The Balaban J connectivity index is 1.39. The molecule has 0 radical (unpaired) electrons. The zero-order valence-electron chi connectivity index (χ0n) is 22.3. The second kappa shape index (κ2) is 10.7. The molecule has 12 heteroatoms. The number of carbonyl (C=O) groups is 2. The van der Waals surface area contributed by atoms with E-state index in [1.165, 1.54) is 90.8 Å². The molecular weight excluding hydrogens is 534 g/mol. The Morgan fingerprint density at radius 1 is 1.10 bits per heavy atom. The number of alkyl halides is 2. The lowest BCUT2D eigenvalue weighted by Gasteiger charge is -2.34. The maximum Gasteiger partial charge on any atom is 0.314 e. The summed E-state index contributed by atoms with van der Waals surface area (Å²) in [6, 6.07) is 14.0. The van der Waals surface area contributed by atoms with Crippen molar-refractivity contribution >= 4 is 23.2 Å². The topological polar surface area (TPSA) is 122 Å². The van der Waals surface area contributed by atoms with Crippen LogP contribution in [0, 0.1) is 11.3 Å². The summed E-state index contributed by atoms with van der Waals surface area (Å²) in [7, 11) is 2.84. The van der Waals surface area contributed by atoms with E-state index in [-0.39, 0.29) is 34.1 Å². The Morgan fingerprint density at radius 2 is 1.85 bits per heavy atom. The third-order valence-electron chi connectivity index (χ3n) is 6.77. The molecule has 0 aliphatic carbocycles. The van der Waals surface area contributed by atoms with E-state index in [9.17, 15) is 14.9 Å². The van der Waals surface area contributed by atoms with E-state index in [1.807, 2.05) is 13.0 Å². The molecule has 5 rings (SSSR count). The van der Waals surface area contributed by atoms with Crippen molar-refractivity contribution in [2.75, 3.05) is 24.4 Å². The molecule has 0 saturated heterocycles. The minimum Gasteiger partial charge on any atom is -0.495 e. The van der Waals surface area contributed by atoms with Crippen molar-refractivity contribution in [2.24, 2.45) is 0 Å². The number of aromatic nitrogens is 3. The summed E-state index contributed by atoms with van der Waals surface area (Å²) in [5.74, 6) is -3.68. The van der Waals surface area contributed by atoms with Crippen molar-refractivity contribution in [1.29, 1.82) is 5.26 Å². The number of pyridine rings is 1. The van der Waals surface area contributed by atoms with Crippen LogP contribution in [0.2, 0.25) is 0 Å². The second-order valence-corrected chi connectivity index (χ2v) is 9.30. The molecule has 208 valence electrons. The predicted molar refractivity (Wildman–Crippen MR) is 144 cm³/mol. The van der Waals surface area contributed by atoms with Crippen LogP contribution in [0.25, 0.3) is 0 Å². The molecule has 0 saturated carbocycles. The summed E-state index contributed by atoms with van der Waals surface area (Å²) in [6.45, 7) is 2.12. The van der Waals surface area contributed by atoms with Gasteiger partial charge in [-0.2, -0.15) is 19.1 Å². The number of fused-ring (bicyclic) bond motifs is 1. The smallest absolute Gasteiger partial charge is 0.314 e. The number of hydrogen-bond acceptors (Lipinski definition) is 7. The third kappa shape index (κ3) is 4.93. The van der Waals surface area contributed by atoms with Gasteiger partial charge in [0.2, 0.25) is 0 Å². The van der Waals surface area contributed by atoms with Gasteiger partial charge in [0.25, 0.3) is 11.8 Å². The Bertz CT molecular complexity index is 1660. The van der Waals surface area contributed by atoms with Crippen LogP contribution >= 0.6 is 0 Å². The van der Waals surface area contributed by atoms with Crippen LogP contribution in [0.15, 0.2) is 67.0 Å². The minimum absolute atomic E-state index is 0.141. The lowest BCUT2D eigenvalue weighted by atomic mass is 10.0. The molecule has 0 spiro atoms. The minimum atomic E-state index is -3.37. The van der Waals surface area contributed by atoms with Crippen LogP contribution in [0.1, 0.15) is 44.6 Å². The van der Waals surface area contributed by atoms with Gasteiger partial charge in [-0.15, -0.1) is 0 Å². The van der Waals surface area contributed by atoms with E-state index in [0.29, 0.717) is 23.7 Å². The fourth-order valence-electron chi connectivity index (χ4n) is 4.66. The largest absolute Gasteiger partial charge is 0.495 e. The first-order chi connectivity index (χ1) is 19.7. The number of amides is 2. The number of methoxy groups -OCH3 is 2. The summed E-state index contributed by atoms with van der Waals surface area (Å²) < 4.78 is 41.9. The first kappa shape index (κ1) is 27.3. The first-order valence-electron chi connectivity index (χ1n) is 12.5. The molecule has 2 aromatic carbocycles. The fraction of sp³-hybridized carbons (Fsp3) is 0.207. The van der Waals surface area contributed by atoms with Crippen LogP contribution in [0.5, 0.6) is 11.5 Å². The van der Waals surface area contributed by atoms with Gasteiger partial charge in [0.15, 0.2) is 0 Å². The summed E-state index contributed by atoms with van der Waals surface area (Å²) in [5, 5.41) is 16.3. The van der Waals surface area contributed by atoms with Crippen molar-refractivity contribution in [2.45, 2.75) is 25.4 Å². The van der Waals surface area contributed by atoms with E-state index in [2.05, 4.69) is 15.4 Å². The average Bonchev–Trinajstić information content (AvgIpc) is 3.39. The highest BCUT2D eigenvalue weighted by atomic mass is 19.3. The summed E-state index contributed by atoms with van der Waals surface area (Å²) in [6.07, 6.45) is 2.60. The number of ether oxygens (including phenoxy) is 2. The highest BCUT2D eigenvalue weighted by Crippen LogP contribution is 2.37. The number of carbonyl (C=O) groups excluding carboxylic acids is 2. The second-order valence-electron chi connectivity index (χ2n) is 9.30. The molecule has 3 heterocycles. The predicted octanol–water partition coefficient (Wildman–Crippen LogP) is 4.61. The normalized spacial score (nSPS) is 14.7. The molecule has 4 aromatic rings. The van der Waals surface area contributed by atoms with Crippen LogP contribution in [0.3, 0.4) is 0 Å². The number of benzene rings is 2. The highest BCUT2D eigenvalue weighted by molar-refractivity contribution is 6.13. The molecule has 10 nitrogen and oxygen atoms in total.